The third kappa shape index (κ3) is 3.75. The quantitative estimate of drug-likeness (QED) is 0.839. The Kier molecular flexibility index (Phi) is 4.46. The number of hydrogen-bond donors (Lipinski definition) is 1. The second-order valence-corrected chi connectivity index (χ2v) is 5.09. The second kappa shape index (κ2) is 6.29. The highest BCUT2D eigenvalue weighted by atomic mass is 16.1. The van der Waals surface area contributed by atoms with E-state index in [0.717, 1.165) is 24.1 Å². The minimum Gasteiger partial charge on any atom is -0.378 e. The van der Waals surface area contributed by atoms with E-state index in [1.807, 2.05) is 38.4 Å². The molecule has 100 valence electrons. The fourth-order valence-electron chi connectivity index (χ4n) is 1.94. The van der Waals surface area contributed by atoms with Crippen molar-refractivity contribution in [3.8, 4) is 11.8 Å². The van der Waals surface area contributed by atoms with Crippen molar-refractivity contribution in [1.29, 1.82) is 0 Å². The summed E-state index contributed by atoms with van der Waals surface area (Å²) in [6, 6.07) is 8.07. The standard InChI is InChI=1S/C16H20N2O/c1-18(2)15-10-8-13(9-11-15)5-4-12-17-16(19)14-6-3-7-14/h8-11,14H,3,6-7,12H2,1-2H3,(H,17,19). The van der Waals surface area contributed by atoms with Gasteiger partial charge < -0.3 is 10.2 Å². The number of anilines is 1. The molecule has 0 spiro atoms. The molecule has 1 saturated carbocycles. The maximum Gasteiger partial charge on any atom is 0.223 e. The third-order valence-corrected chi connectivity index (χ3v) is 3.44. The summed E-state index contributed by atoms with van der Waals surface area (Å²) >= 11 is 0. The van der Waals surface area contributed by atoms with Crippen LogP contribution in [0.15, 0.2) is 24.3 Å². The first-order valence-corrected chi connectivity index (χ1v) is 6.71. The Bertz CT molecular complexity index is 490. The van der Waals surface area contributed by atoms with E-state index in [-0.39, 0.29) is 11.8 Å². The highest BCUT2D eigenvalue weighted by Crippen LogP contribution is 2.25. The lowest BCUT2D eigenvalue weighted by Gasteiger charge is -2.23. The molecule has 3 heteroatoms. The van der Waals surface area contributed by atoms with Crippen molar-refractivity contribution >= 4 is 11.6 Å². The molecule has 0 radical (unpaired) electrons. The highest BCUT2D eigenvalue weighted by Gasteiger charge is 2.24. The number of nitrogens with one attached hydrogen (secondary N) is 1. The van der Waals surface area contributed by atoms with Gasteiger partial charge in [0.2, 0.25) is 5.91 Å². The van der Waals surface area contributed by atoms with Crippen LogP contribution in [0.25, 0.3) is 0 Å². The maximum absolute atomic E-state index is 11.6. The Labute approximate surface area is 115 Å². The number of rotatable bonds is 3. The van der Waals surface area contributed by atoms with E-state index >= 15 is 0 Å². The van der Waals surface area contributed by atoms with Gasteiger partial charge in [0.15, 0.2) is 0 Å². The summed E-state index contributed by atoms with van der Waals surface area (Å²) in [6.07, 6.45) is 3.25. The molecule has 0 heterocycles. The fraction of sp³-hybridized carbons (Fsp3) is 0.438. The molecule has 0 bridgehead atoms. The van der Waals surface area contributed by atoms with Gasteiger partial charge in [-0.3, -0.25) is 4.79 Å². The monoisotopic (exact) mass is 256 g/mol. The lowest BCUT2D eigenvalue weighted by Crippen LogP contribution is -2.34. The molecule has 3 nitrogen and oxygen atoms in total. The average molecular weight is 256 g/mol. The van der Waals surface area contributed by atoms with E-state index in [1.54, 1.807) is 0 Å². The summed E-state index contributed by atoms with van der Waals surface area (Å²) in [7, 11) is 4.02. The summed E-state index contributed by atoms with van der Waals surface area (Å²) in [5, 5.41) is 2.86. The molecule has 19 heavy (non-hydrogen) atoms. The molecule has 0 saturated heterocycles. The van der Waals surface area contributed by atoms with Crippen LogP contribution in [-0.4, -0.2) is 26.5 Å². The third-order valence-electron chi connectivity index (χ3n) is 3.44. The number of nitrogens with zero attached hydrogens (tertiary/aromatic N) is 1. The van der Waals surface area contributed by atoms with Crippen LogP contribution in [0.5, 0.6) is 0 Å². The Hall–Kier alpha value is -1.95. The van der Waals surface area contributed by atoms with Crippen molar-refractivity contribution in [2.24, 2.45) is 5.92 Å². The van der Waals surface area contributed by atoms with E-state index in [1.165, 1.54) is 6.42 Å². The Morgan fingerprint density at radius 2 is 2.00 bits per heavy atom. The van der Waals surface area contributed by atoms with E-state index in [0.29, 0.717) is 6.54 Å². The number of benzene rings is 1. The Balaban J connectivity index is 1.80. The van der Waals surface area contributed by atoms with Crippen molar-refractivity contribution in [2.45, 2.75) is 19.3 Å². The molecule has 1 fully saturated rings. The summed E-state index contributed by atoms with van der Waals surface area (Å²) in [6.45, 7) is 0.435. The molecule has 0 unspecified atom stereocenters. The van der Waals surface area contributed by atoms with Crippen LogP contribution in [0, 0.1) is 17.8 Å². The van der Waals surface area contributed by atoms with E-state index in [9.17, 15) is 4.79 Å². The van der Waals surface area contributed by atoms with Gasteiger partial charge in [-0.05, 0) is 37.1 Å². The molecular formula is C16H20N2O. The van der Waals surface area contributed by atoms with Crippen LogP contribution in [0.4, 0.5) is 5.69 Å². The Morgan fingerprint density at radius 1 is 1.32 bits per heavy atom. The minimum absolute atomic E-state index is 0.156. The van der Waals surface area contributed by atoms with Crippen molar-refractivity contribution in [2.75, 3.05) is 25.5 Å². The highest BCUT2D eigenvalue weighted by molar-refractivity contribution is 5.79. The first-order chi connectivity index (χ1) is 9.16. The van der Waals surface area contributed by atoms with Gasteiger partial charge >= 0.3 is 0 Å². The number of hydrogen-bond acceptors (Lipinski definition) is 2. The van der Waals surface area contributed by atoms with Gasteiger partial charge in [0.25, 0.3) is 0 Å². The first kappa shape index (κ1) is 13.5. The molecule has 0 aromatic heterocycles. The van der Waals surface area contributed by atoms with Gasteiger partial charge in [0, 0.05) is 31.3 Å². The molecule has 1 N–H and O–H groups in total. The predicted octanol–water partition coefficient (Wildman–Crippen LogP) is 2.02. The molecule has 2 rings (SSSR count). The van der Waals surface area contributed by atoms with Gasteiger partial charge in [-0.2, -0.15) is 0 Å². The maximum atomic E-state index is 11.6. The topological polar surface area (TPSA) is 32.3 Å². The summed E-state index contributed by atoms with van der Waals surface area (Å²) in [5.74, 6) is 6.44. The largest absolute Gasteiger partial charge is 0.378 e. The smallest absolute Gasteiger partial charge is 0.223 e. The first-order valence-electron chi connectivity index (χ1n) is 6.71. The molecule has 0 atom stereocenters. The van der Waals surface area contributed by atoms with E-state index < -0.39 is 0 Å². The number of amides is 1. The lowest BCUT2D eigenvalue weighted by atomic mass is 9.85. The normalized spacial score (nSPS) is 14.0. The average Bonchev–Trinajstić information content (AvgIpc) is 2.33. The summed E-state index contributed by atoms with van der Waals surface area (Å²) < 4.78 is 0. The fourth-order valence-corrected chi connectivity index (χ4v) is 1.94. The van der Waals surface area contributed by atoms with Crippen LogP contribution in [-0.2, 0) is 4.79 Å². The van der Waals surface area contributed by atoms with Gasteiger partial charge in [0.05, 0.1) is 6.54 Å². The molecule has 1 aromatic rings. The molecule has 1 aliphatic carbocycles. The zero-order chi connectivity index (χ0) is 13.7. The van der Waals surface area contributed by atoms with Crippen LogP contribution in [0.1, 0.15) is 24.8 Å². The zero-order valence-electron chi connectivity index (χ0n) is 11.6. The van der Waals surface area contributed by atoms with Crippen molar-refractivity contribution in [3.63, 3.8) is 0 Å². The molecule has 1 aliphatic rings. The van der Waals surface area contributed by atoms with Gasteiger partial charge in [-0.1, -0.05) is 18.3 Å². The van der Waals surface area contributed by atoms with Gasteiger partial charge in [-0.15, -0.1) is 0 Å². The van der Waals surface area contributed by atoms with Crippen LogP contribution in [0.2, 0.25) is 0 Å². The van der Waals surface area contributed by atoms with Crippen molar-refractivity contribution in [1.82, 2.24) is 5.32 Å². The Morgan fingerprint density at radius 3 is 2.53 bits per heavy atom. The SMILES string of the molecule is CN(C)c1ccc(C#CCNC(=O)C2CCC2)cc1. The summed E-state index contributed by atoms with van der Waals surface area (Å²) in [4.78, 5) is 13.6. The number of carbonyl (C=O) groups excluding carboxylic acids is 1. The van der Waals surface area contributed by atoms with Crippen LogP contribution < -0.4 is 10.2 Å². The van der Waals surface area contributed by atoms with Crippen LogP contribution >= 0.6 is 0 Å². The van der Waals surface area contributed by atoms with Crippen molar-refractivity contribution < 1.29 is 4.79 Å². The molecular weight excluding hydrogens is 236 g/mol. The molecule has 1 amide bonds. The summed E-state index contributed by atoms with van der Waals surface area (Å²) in [5.41, 5.74) is 2.13. The zero-order valence-corrected chi connectivity index (χ0v) is 11.6. The lowest BCUT2D eigenvalue weighted by molar-refractivity contribution is -0.127. The van der Waals surface area contributed by atoms with E-state index in [2.05, 4.69) is 22.1 Å². The van der Waals surface area contributed by atoms with Crippen LogP contribution in [0.3, 0.4) is 0 Å². The van der Waals surface area contributed by atoms with Gasteiger partial charge in [0.1, 0.15) is 0 Å². The predicted molar refractivity (Wildman–Crippen MR) is 78.0 cm³/mol. The van der Waals surface area contributed by atoms with E-state index in [4.69, 9.17) is 0 Å². The number of carbonyl (C=O) groups is 1. The van der Waals surface area contributed by atoms with Gasteiger partial charge in [-0.25, -0.2) is 0 Å². The second-order valence-electron chi connectivity index (χ2n) is 5.09. The minimum atomic E-state index is 0.156. The molecule has 1 aromatic carbocycles. The van der Waals surface area contributed by atoms with Crippen molar-refractivity contribution in [3.05, 3.63) is 29.8 Å². The molecule has 0 aliphatic heterocycles.